The molecule has 1 aromatic rings. The fourth-order valence-electron chi connectivity index (χ4n) is 1.78. The zero-order valence-electron chi connectivity index (χ0n) is 11.0. The molecule has 0 aliphatic rings. The van der Waals surface area contributed by atoms with E-state index >= 15 is 0 Å². The minimum atomic E-state index is 0.195. The quantitative estimate of drug-likeness (QED) is 0.702. The number of unbranched alkanes of at least 4 members (excludes halogenated alkanes) is 1. The zero-order valence-corrected chi connectivity index (χ0v) is 11.0. The summed E-state index contributed by atoms with van der Waals surface area (Å²) >= 11 is 0. The van der Waals surface area contributed by atoms with E-state index in [9.17, 15) is 5.11 Å². The van der Waals surface area contributed by atoms with Crippen molar-refractivity contribution < 1.29 is 9.84 Å². The fourth-order valence-corrected chi connectivity index (χ4v) is 1.78. The summed E-state index contributed by atoms with van der Waals surface area (Å²) in [4.78, 5) is 0. The van der Waals surface area contributed by atoms with E-state index in [0.717, 1.165) is 26.1 Å². The van der Waals surface area contributed by atoms with Crippen LogP contribution in [0.2, 0.25) is 0 Å². The van der Waals surface area contributed by atoms with Gasteiger partial charge in [-0.15, -0.1) is 0 Å². The van der Waals surface area contributed by atoms with Crippen LogP contribution in [0.25, 0.3) is 0 Å². The van der Waals surface area contributed by atoms with E-state index in [1.54, 1.807) is 0 Å². The molecule has 0 aliphatic carbocycles. The number of rotatable bonds is 8. The third kappa shape index (κ3) is 5.33. The molecule has 1 aromatic carbocycles. The molecule has 1 unspecified atom stereocenters. The van der Waals surface area contributed by atoms with E-state index < -0.39 is 0 Å². The van der Waals surface area contributed by atoms with Crippen LogP contribution in [0.4, 0.5) is 0 Å². The molecule has 1 N–H and O–H groups in total. The Hall–Kier alpha value is -0.860. The monoisotopic (exact) mass is 236 g/mol. The maximum Gasteiger partial charge on any atom is 0.0500 e. The van der Waals surface area contributed by atoms with Gasteiger partial charge >= 0.3 is 0 Å². The van der Waals surface area contributed by atoms with Gasteiger partial charge in [-0.25, -0.2) is 0 Å². The van der Waals surface area contributed by atoms with Crippen LogP contribution >= 0.6 is 0 Å². The van der Waals surface area contributed by atoms with Crippen molar-refractivity contribution in [3.8, 4) is 0 Å². The van der Waals surface area contributed by atoms with Crippen molar-refractivity contribution in [2.75, 3.05) is 19.8 Å². The predicted octanol–water partition coefficient (Wildman–Crippen LogP) is 3.28. The standard InChI is InChI=1S/C15H24O2/c1-3-4-10-17-11-9-15(12-16)14-7-5-13(2)6-8-14/h5-8,15-16H,3-4,9-12H2,1-2H3. The summed E-state index contributed by atoms with van der Waals surface area (Å²) in [6, 6.07) is 8.39. The molecule has 2 nitrogen and oxygen atoms in total. The van der Waals surface area contributed by atoms with Gasteiger partial charge < -0.3 is 9.84 Å². The summed E-state index contributed by atoms with van der Waals surface area (Å²) in [5, 5.41) is 9.40. The highest BCUT2D eigenvalue weighted by molar-refractivity contribution is 5.24. The SMILES string of the molecule is CCCCOCCC(CO)c1ccc(C)cc1. The fraction of sp³-hybridized carbons (Fsp3) is 0.600. The molecule has 0 bridgehead atoms. The molecule has 0 saturated carbocycles. The molecule has 0 aromatic heterocycles. The second-order valence-electron chi connectivity index (χ2n) is 4.54. The molecule has 0 radical (unpaired) electrons. The molecule has 0 heterocycles. The molecule has 17 heavy (non-hydrogen) atoms. The number of benzene rings is 1. The minimum absolute atomic E-state index is 0.195. The molecular weight excluding hydrogens is 212 g/mol. The van der Waals surface area contributed by atoms with Crippen LogP contribution in [-0.2, 0) is 4.74 Å². The molecular formula is C15H24O2. The Labute approximate surface area is 105 Å². The Balaban J connectivity index is 2.35. The topological polar surface area (TPSA) is 29.5 Å². The van der Waals surface area contributed by atoms with Crippen molar-refractivity contribution in [2.45, 2.75) is 39.0 Å². The van der Waals surface area contributed by atoms with Gasteiger partial charge in [0, 0.05) is 19.1 Å². The molecule has 96 valence electrons. The van der Waals surface area contributed by atoms with Crippen LogP contribution in [-0.4, -0.2) is 24.9 Å². The first-order valence-electron chi connectivity index (χ1n) is 6.53. The Morgan fingerprint density at radius 1 is 1.18 bits per heavy atom. The number of ether oxygens (including phenoxy) is 1. The van der Waals surface area contributed by atoms with Gasteiger partial charge in [0.1, 0.15) is 0 Å². The highest BCUT2D eigenvalue weighted by atomic mass is 16.5. The van der Waals surface area contributed by atoms with E-state index in [-0.39, 0.29) is 12.5 Å². The second kappa shape index (κ2) is 8.26. The maximum atomic E-state index is 9.40. The summed E-state index contributed by atoms with van der Waals surface area (Å²) < 4.78 is 5.54. The van der Waals surface area contributed by atoms with Gasteiger partial charge in [-0.1, -0.05) is 43.2 Å². The molecule has 1 atom stereocenters. The number of aliphatic hydroxyl groups excluding tert-OH is 1. The minimum Gasteiger partial charge on any atom is -0.396 e. The van der Waals surface area contributed by atoms with Crippen LogP contribution < -0.4 is 0 Å². The lowest BCUT2D eigenvalue weighted by Gasteiger charge is -2.15. The lowest BCUT2D eigenvalue weighted by molar-refractivity contribution is 0.116. The normalized spacial score (nSPS) is 12.6. The molecule has 2 heteroatoms. The summed E-state index contributed by atoms with van der Waals surface area (Å²) in [5.41, 5.74) is 2.46. The first-order valence-corrected chi connectivity index (χ1v) is 6.53. The van der Waals surface area contributed by atoms with Crippen LogP contribution in [0.5, 0.6) is 0 Å². The predicted molar refractivity (Wildman–Crippen MR) is 71.3 cm³/mol. The molecule has 0 amide bonds. The van der Waals surface area contributed by atoms with Crippen LogP contribution in [0.1, 0.15) is 43.2 Å². The Kier molecular flexibility index (Phi) is 6.90. The second-order valence-corrected chi connectivity index (χ2v) is 4.54. The van der Waals surface area contributed by atoms with Gasteiger partial charge in [-0.2, -0.15) is 0 Å². The maximum absolute atomic E-state index is 9.40. The third-order valence-electron chi connectivity index (χ3n) is 3.02. The number of aliphatic hydroxyl groups is 1. The highest BCUT2D eigenvalue weighted by Crippen LogP contribution is 2.19. The van der Waals surface area contributed by atoms with E-state index in [2.05, 4.69) is 38.1 Å². The van der Waals surface area contributed by atoms with Crippen LogP contribution in [0.3, 0.4) is 0 Å². The van der Waals surface area contributed by atoms with E-state index in [1.807, 2.05) is 0 Å². The smallest absolute Gasteiger partial charge is 0.0500 e. The Bertz CT molecular complexity index is 292. The number of hydrogen-bond donors (Lipinski definition) is 1. The Morgan fingerprint density at radius 2 is 1.88 bits per heavy atom. The average Bonchev–Trinajstić information content (AvgIpc) is 2.35. The molecule has 0 aliphatic heterocycles. The first-order chi connectivity index (χ1) is 8.27. The average molecular weight is 236 g/mol. The first kappa shape index (κ1) is 14.2. The molecule has 0 spiro atoms. The van der Waals surface area contributed by atoms with Gasteiger partial charge in [0.2, 0.25) is 0 Å². The summed E-state index contributed by atoms with van der Waals surface area (Å²) in [7, 11) is 0. The van der Waals surface area contributed by atoms with Crippen molar-refractivity contribution in [3.63, 3.8) is 0 Å². The largest absolute Gasteiger partial charge is 0.396 e. The summed E-state index contributed by atoms with van der Waals surface area (Å²) in [6.45, 7) is 6.00. The van der Waals surface area contributed by atoms with Gasteiger partial charge in [0.05, 0.1) is 6.61 Å². The van der Waals surface area contributed by atoms with Crippen molar-refractivity contribution >= 4 is 0 Å². The van der Waals surface area contributed by atoms with E-state index in [1.165, 1.54) is 17.5 Å². The Morgan fingerprint density at radius 3 is 2.47 bits per heavy atom. The lowest BCUT2D eigenvalue weighted by atomic mass is 9.96. The summed E-state index contributed by atoms with van der Waals surface area (Å²) in [6.07, 6.45) is 3.18. The molecule has 1 rings (SSSR count). The van der Waals surface area contributed by atoms with Gasteiger partial charge in [0.25, 0.3) is 0 Å². The van der Waals surface area contributed by atoms with Crippen molar-refractivity contribution in [1.82, 2.24) is 0 Å². The van der Waals surface area contributed by atoms with Gasteiger partial charge in [0.15, 0.2) is 0 Å². The van der Waals surface area contributed by atoms with E-state index in [0.29, 0.717) is 0 Å². The lowest BCUT2D eigenvalue weighted by Crippen LogP contribution is -2.08. The zero-order chi connectivity index (χ0) is 12.5. The van der Waals surface area contributed by atoms with Crippen molar-refractivity contribution in [3.05, 3.63) is 35.4 Å². The van der Waals surface area contributed by atoms with Crippen molar-refractivity contribution in [1.29, 1.82) is 0 Å². The molecule has 0 saturated heterocycles. The van der Waals surface area contributed by atoms with Gasteiger partial charge in [-0.05, 0) is 25.3 Å². The summed E-state index contributed by atoms with van der Waals surface area (Å²) in [5.74, 6) is 0.206. The number of hydrogen-bond acceptors (Lipinski definition) is 2. The van der Waals surface area contributed by atoms with Crippen LogP contribution in [0.15, 0.2) is 24.3 Å². The van der Waals surface area contributed by atoms with Crippen molar-refractivity contribution in [2.24, 2.45) is 0 Å². The highest BCUT2D eigenvalue weighted by Gasteiger charge is 2.09. The van der Waals surface area contributed by atoms with Gasteiger partial charge in [-0.3, -0.25) is 0 Å². The molecule has 0 fully saturated rings. The number of aryl methyl sites for hydroxylation is 1. The van der Waals surface area contributed by atoms with Crippen LogP contribution in [0, 0.1) is 6.92 Å². The third-order valence-corrected chi connectivity index (χ3v) is 3.02. The van der Waals surface area contributed by atoms with E-state index in [4.69, 9.17) is 4.74 Å².